The van der Waals surface area contributed by atoms with E-state index in [0.29, 0.717) is 22.0 Å². The predicted molar refractivity (Wildman–Crippen MR) is 103 cm³/mol. The van der Waals surface area contributed by atoms with E-state index in [9.17, 15) is 9.59 Å². The second-order valence-corrected chi connectivity index (χ2v) is 6.69. The lowest BCUT2D eigenvalue weighted by Gasteiger charge is -2.30. The number of rotatable bonds is 2. The van der Waals surface area contributed by atoms with Crippen LogP contribution in [0, 0.1) is 5.41 Å². The Morgan fingerprint density at radius 1 is 1.04 bits per heavy atom. The van der Waals surface area contributed by atoms with Gasteiger partial charge in [-0.3, -0.25) is 9.59 Å². The van der Waals surface area contributed by atoms with Crippen molar-refractivity contribution >= 4 is 40.3 Å². The van der Waals surface area contributed by atoms with Crippen molar-refractivity contribution in [3.05, 3.63) is 83.4 Å². The number of hydrazone groups is 1. The fourth-order valence-corrected chi connectivity index (χ4v) is 3.60. The van der Waals surface area contributed by atoms with E-state index in [1.165, 1.54) is 17.2 Å². The Labute approximate surface area is 156 Å². The number of ketones is 1. The number of allylic oxidation sites excluding steroid dienone is 2. The molecule has 0 N–H and O–H groups in total. The van der Waals surface area contributed by atoms with Gasteiger partial charge in [-0.05, 0) is 48.4 Å². The van der Waals surface area contributed by atoms with E-state index in [-0.39, 0.29) is 11.7 Å². The van der Waals surface area contributed by atoms with Gasteiger partial charge in [-0.2, -0.15) is 10.1 Å². The van der Waals surface area contributed by atoms with Gasteiger partial charge in [0.2, 0.25) is 0 Å². The number of hydrogen-bond donors (Lipinski definition) is 0. The summed E-state index contributed by atoms with van der Waals surface area (Å²) < 4.78 is 0. The first-order valence-electron chi connectivity index (χ1n) is 8.19. The van der Waals surface area contributed by atoms with E-state index in [0.717, 1.165) is 5.56 Å². The number of hydrogen-bond acceptors (Lipinski definition) is 3. The summed E-state index contributed by atoms with van der Waals surface area (Å²) >= 11 is 6.07. The first-order chi connectivity index (χ1) is 12.5. The molecule has 0 saturated heterocycles. The van der Waals surface area contributed by atoms with Gasteiger partial charge in [0.05, 0.1) is 11.4 Å². The number of carbonyl (C=O) groups excluding carboxylic acids is 2. The molecule has 0 fully saturated rings. The van der Waals surface area contributed by atoms with Crippen LogP contribution >= 0.6 is 11.6 Å². The smallest absolute Gasteiger partial charge is 0.267 e. The monoisotopic (exact) mass is 362 g/mol. The van der Waals surface area contributed by atoms with Crippen molar-refractivity contribution in [2.75, 3.05) is 5.01 Å². The molecule has 4 nitrogen and oxygen atoms in total. The minimum atomic E-state index is -1.09. The number of carbonyl (C=O) groups is 2. The van der Waals surface area contributed by atoms with Crippen LogP contribution in [0.4, 0.5) is 5.69 Å². The van der Waals surface area contributed by atoms with Crippen LogP contribution < -0.4 is 5.01 Å². The summed E-state index contributed by atoms with van der Waals surface area (Å²) in [5, 5.41) is 6.38. The van der Waals surface area contributed by atoms with Gasteiger partial charge in [-0.25, -0.2) is 0 Å². The zero-order valence-electron chi connectivity index (χ0n) is 14.0. The van der Waals surface area contributed by atoms with Crippen molar-refractivity contribution in [2.45, 2.75) is 6.92 Å². The lowest BCUT2D eigenvalue weighted by Crippen LogP contribution is -2.40. The van der Waals surface area contributed by atoms with Crippen LogP contribution in [0.2, 0.25) is 5.02 Å². The summed E-state index contributed by atoms with van der Waals surface area (Å²) in [6, 6.07) is 16.4. The highest BCUT2D eigenvalue weighted by molar-refractivity contribution is 6.32. The van der Waals surface area contributed by atoms with E-state index < -0.39 is 5.41 Å². The molecule has 5 heteroatoms. The lowest BCUT2D eigenvalue weighted by molar-refractivity contribution is -0.120. The van der Waals surface area contributed by atoms with Crippen molar-refractivity contribution in [3.63, 3.8) is 0 Å². The van der Waals surface area contributed by atoms with Crippen LogP contribution in [0.25, 0.3) is 5.57 Å². The van der Waals surface area contributed by atoms with Crippen LogP contribution in [-0.4, -0.2) is 17.4 Å². The molecule has 2 aliphatic rings. The maximum Gasteiger partial charge on any atom is 0.267 e. The largest absolute Gasteiger partial charge is 0.290 e. The summed E-state index contributed by atoms with van der Waals surface area (Å²) in [7, 11) is 0. The highest BCUT2D eigenvalue weighted by Gasteiger charge is 2.52. The molecule has 1 amide bonds. The van der Waals surface area contributed by atoms with Crippen LogP contribution in [0.3, 0.4) is 0 Å². The molecule has 0 saturated carbocycles. The maximum atomic E-state index is 13.5. The minimum absolute atomic E-state index is 0.142. The molecular formula is C21H15ClN2O2. The van der Waals surface area contributed by atoms with Crippen molar-refractivity contribution < 1.29 is 9.59 Å². The SMILES string of the molecule is CC1=NN(c2cccc(Cl)c2)C(=O)C12C=CC(=O)C=C2c1ccccc1. The van der Waals surface area contributed by atoms with Gasteiger partial charge in [0, 0.05) is 5.02 Å². The van der Waals surface area contributed by atoms with E-state index in [2.05, 4.69) is 5.10 Å². The number of anilines is 1. The normalized spacial score (nSPS) is 22.0. The average molecular weight is 363 g/mol. The second kappa shape index (κ2) is 6.07. The van der Waals surface area contributed by atoms with Gasteiger partial charge in [0.15, 0.2) is 5.78 Å². The maximum absolute atomic E-state index is 13.5. The Balaban J connectivity index is 1.86. The van der Waals surface area contributed by atoms with Gasteiger partial charge in [-0.15, -0.1) is 0 Å². The van der Waals surface area contributed by atoms with Crippen molar-refractivity contribution in [1.29, 1.82) is 0 Å². The first-order valence-corrected chi connectivity index (χ1v) is 8.57. The van der Waals surface area contributed by atoms with Gasteiger partial charge in [0.1, 0.15) is 5.41 Å². The minimum Gasteiger partial charge on any atom is -0.290 e. The molecule has 0 aromatic heterocycles. The van der Waals surface area contributed by atoms with E-state index in [1.54, 1.807) is 37.3 Å². The van der Waals surface area contributed by atoms with Gasteiger partial charge >= 0.3 is 0 Å². The third-order valence-electron chi connectivity index (χ3n) is 4.70. The molecule has 0 bridgehead atoms. The van der Waals surface area contributed by atoms with E-state index >= 15 is 0 Å². The second-order valence-electron chi connectivity index (χ2n) is 6.25. The summed E-state index contributed by atoms with van der Waals surface area (Å²) in [5.74, 6) is -0.368. The number of nitrogens with zero attached hydrogens (tertiary/aromatic N) is 2. The molecule has 1 spiro atoms. The molecule has 26 heavy (non-hydrogen) atoms. The molecule has 1 unspecified atom stereocenters. The van der Waals surface area contributed by atoms with Crippen LogP contribution in [0.15, 0.2) is 77.9 Å². The Bertz CT molecular complexity index is 1010. The molecular weight excluding hydrogens is 348 g/mol. The van der Waals surface area contributed by atoms with E-state index in [4.69, 9.17) is 11.6 Å². The standard InChI is InChI=1S/C21H15ClN2O2/c1-14-21(20(26)24(23-14)17-9-5-8-16(22)12-17)11-10-18(25)13-19(21)15-6-3-2-4-7-15/h2-13H,1H3. The van der Waals surface area contributed by atoms with Crippen LogP contribution in [-0.2, 0) is 9.59 Å². The Morgan fingerprint density at radius 3 is 2.54 bits per heavy atom. The molecule has 1 aliphatic heterocycles. The summed E-state index contributed by atoms with van der Waals surface area (Å²) in [6.07, 6.45) is 4.61. The number of amides is 1. The molecule has 2 aromatic carbocycles. The average Bonchev–Trinajstić information content (AvgIpc) is 2.90. The zero-order chi connectivity index (χ0) is 18.3. The van der Waals surface area contributed by atoms with Crippen LogP contribution in [0.5, 0.6) is 0 Å². The van der Waals surface area contributed by atoms with Crippen molar-refractivity contribution in [2.24, 2.45) is 10.5 Å². The fourth-order valence-electron chi connectivity index (χ4n) is 3.41. The topological polar surface area (TPSA) is 49.7 Å². The Kier molecular flexibility index (Phi) is 3.85. The highest BCUT2D eigenvalue weighted by atomic mass is 35.5. The van der Waals surface area contributed by atoms with Gasteiger partial charge in [0.25, 0.3) is 5.91 Å². The molecule has 4 rings (SSSR count). The molecule has 1 aliphatic carbocycles. The summed E-state index contributed by atoms with van der Waals surface area (Å²) in [5.41, 5.74) is 1.58. The quantitative estimate of drug-likeness (QED) is 0.801. The molecule has 1 atom stereocenters. The van der Waals surface area contributed by atoms with Crippen molar-refractivity contribution in [1.82, 2.24) is 0 Å². The third-order valence-corrected chi connectivity index (χ3v) is 4.93. The summed E-state index contributed by atoms with van der Waals surface area (Å²) in [4.78, 5) is 25.5. The third kappa shape index (κ3) is 2.42. The molecule has 1 heterocycles. The lowest BCUT2D eigenvalue weighted by atomic mass is 9.70. The highest BCUT2D eigenvalue weighted by Crippen LogP contribution is 2.46. The van der Waals surface area contributed by atoms with Gasteiger partial charge < -0.3 is 0 Å². The predicted octanol–water partition coefficient (Wildman–Crippen LogP) is 4.27. The zero-order valence-corrected chi connectivity index (χ0v) is 14.8. The Morgan fingerprint density at radius 2 is 1.81 bits per heavy atom. The summed E-state index contributed by atoms with van der Waals surface area (Å²) in [6.45, 7) is 1.80. The van der Waals surface area contributed by atoms with E-state index in [1.807, 2.05) is 30.3 Å². The molecule has 0 radical (unpaired) electrons. The number of halogens is 1. The Hall–Kier alpha value is -2.98. The van der Waals surface area contributed by atoms with Gasteiger partial charge in [-0.1, -0.05) is 54.1 Å². The number of benzene rings is 2. The first kappa shape index (κ1) is 16.5. The van der Waals surface area contributed by atoms with Crippen molar-refractivity contribution in [3.8, 4) is 0 Å². The molecule has 128 valence electrons. The molecule has 2 aromatic rings. The van der Waals surface area contributed by atoms with Crippen LogP contribution in [0.1, 0.15) is 12.5 Å². The fraction of sp³-hybridized carbons (Fsp3) is 0.0952.